The molecule has 0 unspecified atom stereocenters. The summed E-state index contributed by atoms with van der Waals surface area (Å²) < 4.78 is 5.64. The summed E-state index contributed by atoms with van der Waals surface area (Å²) >= 11 is 0. The van der Waals surface area contributed by atoms with E-state index >= 15 is 0 Å². The highest BCUT2D eigenvalue weighted by Crippen LogP contribution is 2.28. The van der Waals surface area contributed by atoms with Gasteiger partial charge in [0.15, 0.2) is 11.3 Å². The van der Waals surface area contributed by atoms with E-state index in [1.54, 1.807) is 12.4 Å². The first kappa shape index (κ1) is 9.88. The molecule has 0 aliphatic heterocycles. The van der Waals surface area contributed by atoms with E-state index < -0.39 is 0 Å². The van der Waals surface area contributed by atoms with Gasteiger partial charge in [-0.25, -0.2) is 19.9 Å². The third-order valence-corrected chi connectivity index (χ3v) is 2.61. The third-order valence-electron chi connectivity index (χ3n) is 2.61. The van der Waals surface area contributed by atoms with Crippen LogP contribution < -0.4 is 4.74 Å². The molecule has 4 aromatic heterocycles. The van der Waals surface area contributed by atoms with Crippen LogP contribution >= 0.6 is 0 Å². The molecular weight excluding hydrogens is 248 g/mol. The largest absolute Gasteiger partial charge is 0.416 e. The molecule has 0 saturated heterocycles. The minimum absolute atomic E-state index is 0.354. The number of nitrogens with one attached hydrogen (secondary N) is 2. The van der Waals surface area contributed by atoms with E-state index in [-0.39, 0.29) is 0 Å². The molecule has 4 aromatic rings. The molecule has 4 heterocycles. The molecule has 0 aliphatic carbocycles. The molecular formula is C10H6N8O. The summed E-state index contributed by atoms with van der Waals surface area (Å²) in [7, 11) is 0. The Morgan fingerprint density at radius 1 is 0.789 bits per heavy atom. The highest BCUT2D eigenvalue weighted by atomic mass is 16.5. The second kappa shape index (κ2) is 3.70. The van der Waals surface area contributed by atoms with E-state index in [0.29, 0.717) is 33.8 Å². The van der Waals surface area contributed by atoms with Crippen molar-refractivity contribution in [3.63, 3.8) is 0 Å². The number of aromatic amines is 2. The lowest BCUT2D eigenvalue weighted by Gasteiger charge is -1.97. The average molecular weight is 254 g/mol. The quantitative estimate of drug-likeness (QED) is 0.543. The van der Waals surface area contributed by atoms with E-state index in [0.717, 1.165) is 0 Å². The maximum atomic E-state index is 5.64. The Balaban J connectivity index is 1.82. The molecule has 0 bridgehead atoms. The van der Waals surface area contributed by atoms with Crippen molar-refractivity contribution in [3.8, 4) is 11.8 Å². The van der Waals surface area contributed by atoms with Gasteiger partial charge in [0.2, 0.25) is 0 Å². The lowest BCUT2D eigenvalue weighted by atomic mass is 10.4. The predicted molar refractivity (Wildman–Crippen MR) is 63.4 cm³/mol. The molecule has 0 amide bonds. The number of nitrogens with zero attached hydrogens (tertiary/aromatic N) is 6. The zero-order valence-electron chi connectivity index (χ0n) is 9.40. The number of aromatic nitrogens is 8. The number of rotatable bonds is 2. The molecule has 92 valence electrons. The Bertz CT molecular complexity index is 794. The Labute approximate surface area is 105 Å². The summed E-state index contributed by atoms with van der Waals surface area (Å²) in [5.41, 5.74) is 1.20. The van der Waals surface area contributed by atoms with Gasteiger partial charge >= 0.3 is 0 Å². The first-order chi connectivity index (χ1) is 9.42. The highest BCUT2D eigenvalue weighted by molar-refractivity contribution is 5.82. The number of fused-ring (bicyclic) bond motifs is 2. The smallest absolute Gasteiger partial charge is 0.251 e. The summed E-state index contributed by atoms with van der Waals surface area (Å²) in [6.07, 6.45) is 6.10. The molecule has 0 radical (unpaired) electrons. The van der Waals surface area contributed by atoms with Crippen molar-refractivity contribution in [2.75, 3.05) is 0 Å². The van der Waals surface area contributed by atoms with Crippen molar-refractivity contribution in [3.05, 3.63) is 25.0 Å². The number of H-pyrrole nitrogens is 2. The van der Waals surface area contributed by atoms with Crippen LogP contribution in [0.5, 0.6) is 11.8 Å². The van der Waals surface area contributed by atoms with Crippen LogP contribution in [0.1, 0.15) is 0 Å². The standard InChI is InChI=1S/C10H6N8O/c1-5-7(13-3-11-1)15-17-9(5)19-10-6-2-12-4-14-8(6)16-18-10/h1-4H,(H,11,13,15,17)(H,12,14,16,18). The minimum Gasteiger partial charge on any atom is -0.416 e. The maximum Gasteiger partial charge on any atom is 0.251 e. The fourth-order valence-corrected chi connectivity index (χ4v) is 1.73. The number of ether oxygens (including phenoxy) is 1. The Morgan fingerprint density at radius 3 is 1.84 bits per heavy atom. The Kier molecular flexibility index (Phi) is 1.92. The molecule has 0 fully saturated rings. The summed E-state index contributed by atoms with van der Waals surface area (Å²) in [5.74, 6) is 0.709. The molecule has 2 N–H and O–H groups in total. The van der Waals surface area contributed by atoms with Gasteiger partial charge in [-0.15, -0.1) is 10.2 Å². The van der Waals surface area contributed by atoms with Crippen molar-refractivity contribution in [2.24, 2.45) is 0 Å². The van der Waals surface area contributed by atoms with Gasteiger partial charge in [-0.05, 0) is 0 Å². The molecule has 0 saturated carbocycles. The Morgan fingerprint density at radius 2 is 1.32 bits per heavy atom. The zero-order chi connectivity index (χ0) is 12.7. The van der Waals surface area contributed by atoms with Gasteiger partial charge in [-0.3, -0.25) is 10.2 Å². The Hall–Kier alpha value is -3.10. The van der Waals surface area contributed by atoms with E-state index in [2.05, 4.69) is 40.3 Å². The second-order valence-electron chi connectivity index (χ2n) is 3.73. The lowest BCUT2D eigenvalue weighted by Crippen LogP contribution is -1.86. The normalized spacial score (nSPS) is 11.2. The minimum atomic E-state index is 0.354. The summed E-state index contributed by atoms with van der Waals surface area (Å²) in [4.78, 5) is 15.9. The van der Waals surface area contributed by atoms with Crippen LogP contribution in [0.25, 0.3) is 22.1 Å². The van der Waals surface area contributed by atoms with Gasteiger partial charge in [0, 0.05) is 12.4 Å². The van der Waals surface area contributed by atoms with E-state index in [9.17, 15) is 0 Å². The molecule has 19 heavy (non-hydrogen) atoms. The van der Waals surface area contributed by atoms with Crippen LogP contribution in [0.4, 0.5) is 0 Å². The van der Waals surface area contributed by atoms with Gasteiger partial charge < -0.3 is 4.74 Å². The van der Waals surface area contributed by atoms with Crippen molar-refractivity contribution in [1.29, 1.82) is 0 Å². The van der Waals surface area contributed by atoms with E-state index in [1.807, 2.05) is 0 Å². The first-order valence-electron chi connectivity index (χ1n) is 5.38. The lowest BCUT2D eigenvalue weighted by molar-refractivity contribution is 0.451. The molecule has 0 atom stereocenters. The van der Waals surface area contributed by atoms with E-state index in [1.165, 1.54) is 12.7 Å². The van der Waals surface area contributed by atoms with Crippen LogP contribution in [0.15, 0.2) is 25.0 Å². The molecule has 0 aliphatic rings. The van der Waals surface area contributed by atoms with Gasteiger partial charge in [0.05, 0.1) is 0 Å². The molecule has 9 heteroatoms. The first-order valence-corrected chi connectivity index (χ1v) is 5.38. The summed E-state index contributed by atoms with van der Waals surface area (Å²) in [6, 6.07) is 0. The van der Waals surface area contributed by atoms with Gasteiger partial charge in [0.1, 0.15) is 23.4 Å². The van der Waals surface area contributed by atoms with Crippen molar-refractivity contribution < 1.29 is 4.74 Å². The fourth-order valence-electron chi connectivity index (χ4n) is 1.73. The predicted octanol–water partition coefficient (Wildman–Crippen LogP) is 0.811. The molecule has 9 nitrogen and oxygen atoms in total. The van der Waals surface area contributed by atoms with Crippen LogP contribution in [0, 0.1) is 0 Å². The van der Waals surface area contributed by atoms with Crippen LogP contribution in [0.3, 0.4) is 0 Å². The summed E-state index contributed by atoms with van der Waals surface area (Å²) in [5, 5.41) is 14.9. The number of hydrogen-bond acceptors (Lipinski definition) is 7. The van der Waals surface area contributed by atoms with Crippen LogP contribution in [-0.2, 0) is 0 Å². The zero-order valence-corrected chi connectivity index (χ0v) is 9.40. The van der Waals surface area contributed by atoms with Crippen LogP contribution in [-0.4, -0.2) is 40.3 Å². The third kappa shape index (κ3) is 1.48. The average Bonchev–Trinajstić information content (AvgIpc) is 3.05. The van der Waals surface area contributed by atoms with E-state index in [4.69, 9.17) is 4.74 Å². The van der Waals surface area contributed by atoms with Crippen molar-refractivity contribution in [2.45, 2.75) is 0 Å². The SMILES string of the molecule is c1ncc2c(Oc3n[nH]c4ncncc34)n[nH]c2n1. The summed E-state index contributed by atoms with van der Waals surface area (Å²) in [6.45, 7) is 0. The monoisotopic (exact) mass is 254 g/mol. The molecule has 0 spiro atoms. The van der Waals surface area contributed by atoms with Gasteiger partial charge in [0.25, 0.3) is 11.8 Å². The highest BCUT2D eigenvalue weighted by Gasteiger charge is 2.13. The van der Waals surface area contributed by atoms with Gasteiger partial charge in [-0.2, -0.15) is 0 Å². The van der Waals surface area contributed by atoms with Crippen molar-refractivity contribution in [1.82, 2.24) is 40.3 Å². The molecule has 0 aromatic carbocycles. The van der Waals surface area contributed by atoms with Gasteiger partial charge in [-0.1, -0.05) is 0 Å². The van der Waals surface area contributed by atoms with Crippen molar-refractivity contribution >= 4 is 22.1 Å². The second-order valence-corrected chi connectivity index (χ2v) is 3.73. The fraction of sp³-hybridized carbons (Fsp3) is 0. The topological polar surface area (TPSA) is 118 Å². The maximum absolute atomic E-state index is 5.64. The van der Waals surface area contributed by atoms with Crippen LogP contribution in [0.2, 0.25) is 0 Å². The number of hydrogen-bond donors (Lipinski definition) is 2. The molecule has 4 rings (SSSR count).